The van der Waals surface area contributed by atoms with Gasteiger partial charge in [-0.3, -0.25) is 9.59 Å². The van der Waals surface area contributed by atoms with E-state index in [1.165, 1.54) is 0 Å². The summed E-state index contributed by atoms with van der Waals surface area (Å²) in [6.07, 6.45) is 0.117. The lowest BCUT2D eigenvalue weighted by molar-refractivity contribution is -0.148. The van der Waals surface area contributed by atoms with E-state index in [9.17, 15) is 19.5 Å². The second-order valence-electron chi connectivity index (χ2n) is 5.88. The van der Waals surface area contributed by atoms with Crippen molar-refractivity contribution in [2.24, 2.45) is 0 Å². The van der Waals surface area contributed by atoms with E-state index in [1.807, 2.05) is 30.3 Å². The molecule has 1 amide bonds. The Morgan fingerprint density at radius 1 is 1.04 bits per heavy atom. The van der Waals surface area contributed by atoms with Crippen molar-refractivity contribution in [3.8, 4) is 16.9 Å². The number of aliphatic carboxylic acids is 1. The Morgan fingerprint density at radius 3 is 2.36 bits per heavy atom. The molecule has 0 aliphatic rings. The number of rotatable bonds is 9. The van der Waals surface area contributed by atoms with Gasteiger partial charge in [-0.2, -0.15) is 0 Å². The quantitative estimate of drug-likeness (QED) is 0.644. The summed E-state index contributed by atoms with van der Waals surface area (Å²) in [5.74, 6) is -2.12. The third kappa shape index (κ3) is 5.33. The van der Waals surface area contributed by atoms with Crippen molar-refractivity contribution in [1.29, 1.82) is 0 Å². The molecule has 0 spiro atoms. The lowest BCUT2D eigenvalue weighted by Gasteiger charge is -2.18. The zero-order valence-electron chi connectivity index (χ0n) is 15.8. The molecule has 2 N–H and O–H groups in total. The number of nitrogens with one attached hydrogen (secondary N) is 1. The first-order valence-electron chi connectivity index (χ1n) is 8.98. The zero-order chi connectivity index (χ0) is 20.5. The van der Waals surface area contributed by atoms with Gasteiger partial charge < -0.3 is 19.9 Å². The largest absolute Gasteiger partial charge is 0.493 e. The van der Waals surface area contributed by atoms with E-state index in [0.717, 1.165) is 5.56 Å². The van der Waals surface area contributed by atoms with Crippen LogP contribution in [0.4, 0.5) is 0 Å². The summed E-state index contributed by atoms with van der Waals surface area (Å²) in [5.41, 5.74) is 1.63. The number of carboxylic acids is 1. The molecule has 0 bridgehead atoms. The van der Waals surface area contributed by atoms with Crippen LogP contribution in [-0.2, 0) is 14.3 Å². The minimum Gasteiger partial charge on any atom is -0.493 e. The number of hydrogen-bond acceptors (Lipinski definition) is 5. The average Bonchev–Trinajstić information content (AvgIpc) is 2.71. The number of amides is 1. The molecule has 28 heavy (non-hydrogen) atoms. The van der Waals surface area contributed by atoms with E-state index < -0.39 is 30.5 Å². The molecule has 7 nitrogen and oxygen atoms in total. The van der Waals surface area contributed by atoms with Crippen molar-refractivity contribution in [2.45, 2.75) is 26.3 Å². The van der Waals surface area contributed by atoms with Gasteiger partial charge >= 0.3 is 11.9 Å². The van der Waals surface area contributed by atoms with Crippen LogP contribution in [0.3, 0.4) is 0 Å². The van der Waals surface area contributed by atoms with Crippen molar-refractivity contribution in [3.05, 3.63) is 54.1 Å². The maximum Gasteiger partial charge on any atom is 0.329 e. The number of ether oxygens (including phenoxy) is 2. The van der Waals surface area contributed by atoms with E-state index in [2.05, 4.69) is 5.32 Å². The normalized spacial score (nSPS) is 11.4. The fraction of sp³-hybridized carbons (Fsp3) is 0.286. The summed E-state index contributed by atoms with van der Waals surface area (Å²) >= 11 is 0. The molecule has 2 rings (SSSR count). The van der Waals surface area contributed by atoms with Crippen LogP contribution in [0.15, 0.2) is 48.5 Å². The molecule has 7 heteroatoms. The second kappa shape index (κ2) is 10.1. The highest BCUT2D eigenvalue weighted by molar-refractivity contribution is 6.04. The highest BCUT2D eigenvalue weighted by Crippen LogP contribution is 2.31. The van der Waals surface area contributed by atoms with Gasteiger partial charge in [-0.1, -0.05) is 49.4 Å². The maximum atomic E-state index is 13.0. The van der Waals surface area contributed by atoms with E-state index >= 15 is 0 Å². The minimum absolute atomic E-state index is 0.117. The predicted molar refractivity (Wildman–Crippen MR) is 103 cm³/mol. The summed E-state index contributed by atoms with van der Waals surface area (Å²) in [4.78, 5) is 35.8. The third-order valence-electron chi connectivity index (χ3n) is 3.94. The van der Waals surface area contributed by atoms with E-state index in [1.54, 1.807) is 32.0 Å². The highest BCUT2D eigenvalue weighted by Gasteiger charge is 2.26. The van der Waals surface area contributed by atoms with Crippen LogP contribution in [-0.4, -0.2) is 42.2 Å². The van der Waals surface area contributed by atoms with Gasteiger partial charge in [-0.05, 0) is 24.1 Å². The summed E-state index contributed by atoms with van der Waals surface area (Å²) in [6, 6.07) is 13.0. The first-order chi connectivity index (χ1) is 13.5. The molecule has 0 aliphatic carbocycles. The van der Waals surface area contributed by atoms with Gasteiger partial charge in [0, 0.05) is 6.42 Å². The summed E-state index contributed by atoms with van der Waals surface area (Å²) in [7, 11) is 0. The molecular formula is C21H23NO6. The molecule has 0 aromatic heterocycles. The van der Waals surface area contributed by atoms with Gasteiger partial charge in [-0.25, -0.2) is 4.79 Å². The Labute approximate surface area is 163 Å². The number of benzene rings is 2. The first-order valence-corrected chi connectivity index (χ1v) is 8.98. The molecule has 0 aliphatic heterocycles. The van der Waals surface area contributed by atoms with E-state index in [0.29, 0.717) is 17.9 Å². The standard InChI is InChI=1S/C21H23NO6/c1-3-18(23)28-13-16(21(25)26)22-20(24)19-15(14-9-6-5-7-10-14)11-8-12-17(19)27-4-2/h5-12,16H,3-4,13H2,1-2H3,(H,22,24)(H,25,26)/t16-/m0/s1. The van der Waals surface area contributed by atoms with Crippen LogP contribution >= 0.6 is 0 Å². The lowest BCUT2D eigenvalue weighted by Crippen LogP contribution is -2.44. The predicted octanol–water partition coefficient (Wildman–Crippen LogP) is 2.89. The number of hydrogen-bond donors (Lipinski definition) is 2. The fourth-order valence-electron chi connectivity index (χ4n) is 2.58. The Kier molecular flexibility index (Phi) is 7.56. The molecule has 2 aromatic rings. The topological polar surface area (TPSA) is 102 Å². The zero-order valence-corrected chi connectivity index (χ0v) is 15.8. The molecule has 148 valence electrons. The van der Waals surface area contributed by atoms with Crippen molar-refractivity contribution in [3.63, 3.8) is 0 Å². The van der Waals surface area contributed by atoms with Crippen molar-refractivity contribution in [1.82, 2.24) is 5.32 Å². The van der Waals surface area contributed by atoms with Crippen LogP contribution in [0.5, 0.6) is 5.75 Å². The fourth-order valence-corrected chi connectivity index (χ4v) is 2.58. The van der Waals surface area contributed by atoms with Crippen molar-refractivity contribution in [2.75, 3.05) is 13.2 Å². The third-order valence-corrected chi connectivity index (χ3v) is 3.94. The minimum atomic E-state index is -1.37. The van der Waals surface area contributed by atoms with E-state index in [-0.39, 0.29) is 12.0 Å². The molecule has 0 saturated heterocycles. The monoisotopic (exact) mass is 385 g/mol. The Bertz CT molecular complexity index is 834. The van der Waals surface area contributed by atoms with Crippen LogP contribution in [0.25, 0.3) is 11.1 Å². The van der Waals surface area contributed by atoms with Crippen LogP contribution in [0, 0.1) is 0 Å². The van der Waals surface area contributed by atoms with Gasteiger partial charge in [0.05, 0.1) is 12.2 Å². The van der Waals surface area contributed by atoms with Gasteiger partial charge in [-0.15, -0.1) is 0 Å². The molecule has 2 aromatic carbocycles. The average molecular weight is 385 g/mol. The second-order valence-corrected chi connectivity index (χ2v) is 5.88. The Balaban J connectivity index is 2.36. The number of carbonyl (C=O) groups excluding carboxylic acids is 2. The summed E-state index contributed by atoms with van der Waals surface area (Å²) < 4.78 is 10.5. The highest BCUT2D eigenvalue weighted by atomic mass is 16.5. The van der Waals surface area contributed by atoms with Gasteiger partial charge in [0.1, 0.15) is 12.4 Å². The van der Waals surface area contributed by atoms with E-state index in [4.69, 9.17) is 9.47 Å². The van der Waals surface area contributed by atoms with Crippen LogP contribution in [0.1, 0.15) is 30.6 Å². The van der Waals surface area contributed by atoms with Crippen molar-refractivity contribution >= 4 is 17.8 Å². The lowest BCUT2D eigenvalue weighted by atomic mass is 9.98. The van der Waals surface area contributed by atoms with Gasteiger partial charge in [0.25, 0.3) is 5.91 Å². The van der Waals surface area contributed by atoms with Gasteiger partial charge in [0.2, 0.25) is 0 Å². The SMILES string of the molecule is CCOc1cccc(-c2ccccc2)c1C(=O)N[C@@H](COC(=O)CC)C(=O)O. The Morgan fingerprint density at radius 2 is 1.75 bits per heavy atom. The Hall–Kier alpha value is -3.35. The maximum absolute atomic E-state index is 13.0. The molecule has 0 fully saturated rings. The first kappa shape index (κ1) is 21.0. The number of esters is 1. The van der Waals surface area contributed by atoms with Crippen molar-refractivity contribution < 1.29 is 29.0 Å². The van der Waals surface area contributed by atoms with Gasteiger partial charge in [0.15, 0.2) is 6.04 Å². The molecule has 1 atom stereocenters. The smallest absolute Gasteiger partial charge is 0.329 e. The van der Waals surface area contributed by atoms with Crippen LogP contribution in [0.2, 0.25) is 0 Å². The van der Waals surface area contributed by atoms with Crippen LogP contribution < -0.4 is 10.1 Å². The number of carboxylic acid groups (broad SMARTS) is 1. The number of carbonyl (C=O) groups is 3. The molecule has 0 saturated carbocycles. The summed E-state index contributed by atoms with van der Waals surface area (Å²) in [6.45, 7) is 3.28. The molecular weight excluding hydrogens is 362 g/mol. The molecule has 0 heterocycles. The summed E-state index contributed by atoms with van der Waals surface area (Å²) in [5, 5.41) is 11.8. The molecule has 0 radical (unpaired) electrons. The molecule has 0 unspecified atom stereocenters.